The minimum absolute atomic E-state index is 0.0583. The van der Waals surface area contributed by atoms with Crippen molar-refractivity contribution in [1.29, 1.82) is 0 Å². The highest BCUT2D eigenvalue weighted by Gasteiger charge is 2.28. The van der Waals surface area contributed by atoms with Crippen LogP contribution in [0.1, 0.15) is 43.0 Å². The average molecular weight is 297 g/mol. The first kappa shape index (κ1) is 15.2. The molecule has 2 atom stereocenters. The van der Waals surface area contributed by atoms with Crippen LogP contribution in [0.3, 0.4) is 0 Å². The zero-order valence-electron chi connectivity index (χ0n) is 11.4. The fourth-order valence-corrected chi connectivity index (χ4v) is 3.75. The molecule has 0 aromatic heterocycles. The fraction of sp³-hybridized carbons (Fsp3) is 0.500. The Hall–Kier alpha value is -1.24. The van der Waals surface area contributed by atoms with Gasteiger partial charge in [-0.3, -0.25) is 4.79 Å². The van der Waals surface area contributed by atoms with Crippen LogP contribution >= 0.6 is 0 Å². The molecule has 2 unspecified atom stereocenters. The summed E-state index contributed by atoms with van der Waals surface area (Å²) in [5.74, 6) is -0.181. The Bertz CT molecular complexity index is 597. The van der Waals surface area contributed by atoms with Crippen molar-refractivity contribution in [3.8, 4) is 0 Å². The molecule has 1 saturated carbocycles. The van der Waals surface area contributed by atoms with Crippen LogP contribution in [0.5, 0.6) is 0 Å². The van der Waals surface area contributed by atoms with E-state index in [2.05, 4.69) is 4.72 Å². The van der Waals surface area contributed by atoms with Gasteiger partial charge in [0.15, 0.2) is 5.78 Å². The highest BCUT2D eigenvalue weighted by molar-refractivity contribution is 7.89. The van der Waals surface area contributed by atoms with Crippen LogP contribution in [-0.4, -0.2) is 31.5 Å². The maximum absolute atomic E-state index is 12.3. The van der Waals surface area contributed by atoms with E-state index in [1.54, 1.807) is 12.1 Å². The van der Waals surface area contributed by atoms with Crippen LogP contribution in [-0.2, 0) is 10.0 Å². The maximum atomic E-state index is 12.3. The summed E-state index contributed by atoms with van der Waals surface area (Å²) in [6.07, 6.45) is 2.42. The molecule has 1 fully saturated rings. The number of benzene rings is 1. The molecule has 0 saturated heterocycles. The van der Waals surface area contributed by atoms with E-state index in [9.17, 15) is 18.3 Å². The Morgan fingerprint density at radius 1 is 1.30 bits per heavy atom. The first-order chi connectivity index (χ1) is 9.40. The second-order valence-electron chi connectivity index (χ2n) is 5.16. The third-order valence-corrected chi connectivity index (χ3v) is 5.07. The molecule has 110 valence electrons. The zero-order valence-corrected chi connectivity index (χ0v) is 12.2. The molecule has 0 amide bonds. The van der Waals surface area contributed by atoms with Crippen molar-refractivity contribution in [1.82, 2.24) is 4.72 Å². The van der Waals surface area contributed by atoms with E-state index >= 15 is 0 Å². The van der Waals surface area contributed by atoms with Gasteiger partial charge in [-0.1, -0.05) is 25.0 Å². The first-order valence-electron chi connectivity index (χ1n) is 6.71. The van der Waals surface area contributed by atoms with Gasteiger partial charge in [-0.2, -0.15) is 0 Å². The molecule has 1 aromatic carbocycles. The van der Waals surface area contributed by atoms with Crippen LogP contribution in [0.4, 0.5) is 0 Å². The van der Waals surface area contributed by atoms with Gasteiger partial charge in [0.2, 0.25) is 10.0 Å². The first-order valence-corrected chi connectivity index (χ1v) is 8.20. The van der Waals surface area contributed by atoms with Crippen molar-refractivity contribution in [2.24, 2.45) is 0 Å². The average Bonchev–Trinajstić information content (AvgIpc) is 2.41. The van der Waals surface area contributed by atoms with Crippen molar-refractivity contribution in [3.63, 3.8) is 0 Å². The summed E-state index contributed by atoms with van der Waals surface area (Å²) < 4.78 is 27.1. The SMILES string of the molecule is CC(=O)c1cccc(S(=O)(=O)NC2CCCCC2O)c1. The highest BCUT2D eigenvalue weighted by Crippen LogP contribution is 2.21. The van der Waals surface area contributed by atoms with Crippen molar-refractivity contribution in [2.75, 3.05) is 0 Å². The molecule has 0 spiro atoms. The van der Waals surface area contributed by atoms with E-state index < -0.39 is 22.2 Å². The summed E-state index contributed by atoms with van der Waals surface area (Å²) in [6.45, 7) is 1.39. The number of ketones is 1. The number of aliphatic hydroxyl groups excluding tert-OH is 1. The summed E-state index contributed by atoms with van der Waals surface area (Å²) in [7, 11) is -3.71. The number of carbonyl (C=O) groups is 1. The lowest BCUT2D eigenvalue weighted by molar-refractivity contribution is 0.101. The summed E-state index contributed by atoms with van der Waals surface area (Å²) in [5, 5.41) is 9.84. The number of sulfonamides is 1. The molecule has 2 N–H and O–H groups in total. The minimum Gasteiger partial charge on any atom is -0.391 e. The Morgan fingerprint density at radius 2 is 2.00 bits per heavy atom. The fourth-order valence-electron chi connectivity index (χ4n) is 2.40. The van der Waals surface area contributed by atoms with Crippen LogP contribution in [0.15, 0.2) is 29.2 Å². The van der Waals surface area contributed by atoms with Gasteiger partial charge in [-0.15, -0.1) is 0 Å². The largest absolute Gasteiger partial charge is 0.391 e. The van der Waals surface area contributed by atoms with Crippen LogP contribution < -0.4 is 4.72 Å². The van der Waals surface area contributed by atoms with Crippen molar-refractivity contribution < 1.29 is 18.3 Å². The van der Waals surface area contributed by atoms with Crippen molar-refractivity contribution in [3.05, 3.63) is 29.8 Å². The smallest absolute Gasteiger partial charge is 0.240 e. The second-order valence-corrected chi connectivity index (χ2v) is 6.88. The van der Waals surface area contributed by atoms with Gasteiger partial charge in [-0.05, 0) is 31.9 Å². The maximum Gasteiger partial charge on any atom is 0.240 e. The summed E-state index contributed by atoms with van der Waals surface area (Å²) >= 11 is 0. The second kappa shape index (κ2) is 6.03. The van der Waals surface area contributed by atoms with Gasteiger partial charge in [0.1, 0.15) is 0 Å². The van der Waals surface area contributed by atoms with Gasteiger partial charge in [-0.25, -0.2) is 13.1 Å². The topological polar surface area (TPSA) is 83.5 Å². The molecule has 6 heteroatoms. The van der Waals surface area contributed by atoms with Gasteiger partial charge >= 0.3 is 0 Å². The normalized spacial score (nSPS) is 23.5. The standard InChI is InChI=1S/C14H19NO4S/c1-10(16)11-5-4-6-12(9-11)20(18,19)15-13-7-2-3-8-14(13)17/h4-6,9,13-15,17H,2-3,7-8H2,1H3. The predicted octanol–water partition coefficient (Wildman–Crippen LogP) is 1.47. The van der Waals surface area contributed by atoms with Crippen LogP contribution in [0, 0.1) is 0 Å². The number of Topliss-reactive ketones (excluding diaryl/α,β-unsaturated/α-hetero) is 1. The van der Waals surface area contributed by atoms with E-state index in [4.69, 9.17) is 0 Å². The van der Waals surface area contributed by atoms with E-state index in [0.717, 1.165) is 12.8 Å². The molecule has 0 aliphatic heterocycles. The molecule has 5 nitrogen and oxygen atoms in total. The Labute approximate surface area is 119 Å². The van der Waals surface area contributed by atoms with Crippen molar-refractivity contribution >= 4 is 15.8 Å². The number of carbonyl (C=O) groups excluding carboxylic acids is 1. The lowest BCUT2D eigenvalue weighted by atomic mass is 9.93. The molecule has 2 rings (SSSR count). The summed E-state index contributed by atoms with van der Waals surface area (Å²) in [4.78, 5) is 11.4. The number of rotatable bonds is 4. The van der Waals surface area contributed by atoms with E-state index in [1.165, 1.54) is 19.1 Å². The molecule has 1 aliphatic rings. The molecule has 0 bridgehead atoms. The lowest BCUT2D eigenvalue weighted by Crippen LogP contribution is -2.44. The number of aliphatic hydroxyl groups is 1. The number of hydrogen-bond acceptors (Lipinski definition) is 4. The summed E-state index contributed by atoms with van der Waals surface area (Å²) in [6, 6.07) is 5.48. The zero-order chi connectivity index (χ0) is 14.8. The molecule has 1 aromatic rings. The van der Waals surface area contributed by atoms with Crippen LogP contribution in [0.25, 0.3) is 0 Å². The Kier molecular flexibility index (Phi) is 4.57. The molecule has 20 heavy (non-hydrogen) atoms. The quantitative estimate of drug-likeness (QED) is 0.824. The lowest BCUT2D eigenvalue weighted by Gasteiger charge is -2.28. The molecule has 1 aliphatic carbocycles. The Balaban J connectivity index is 2.21. The van der Waals surface area contributed by atoms with Gasteiger partial charge in [0, 0.05) is 11.6 Å². The predicted molar refractivity (Wildman–Crippen MR) is 75.0 cm³/mol. The molecular formula is C14H19NO4S. The highest BCUT2D eigenvalue weighted by atomic mass is 32.2. The molecule has 0 radical (unpaired) electrons. The monoisotopic (exact) mass is 297 g/mol. The Morgan fingerprint density at radius 3 is 2.65 bits per heavy atom. The van der Waals surface area contributed by atoms with Gasteiger partial charge < -0.3 is 5.11 Å². The third-order valence-electron chi connectivity index (χ3n) is 3.59. The van der Waals surface area contributed by atoms with E-state index in [-0.39, 0.29) is 10.7 Å². The van der Waals surface area contributed by atoms with E-state index in [1.807, 2.05) is 0 Å². The van der Waals surface area contributed by atoms with Gasteiger partial charge in [0.05, 0.1) is 11.0 Å². The van der Waals surface area contributed by atoms with Crippen molar-refractivity contribution in [2.45, 2.75) is 49.6 Å². The molecular weight excluding hydrogens is 278 g/mol. The van der Waals surface area contributed by atoms with Crippen LogP contribution in [0.2, 0.25) is 0 Å². The van der Waals surface area contributed by atoms with Gasteiger partial charge in [0.25, 0.3) is 0 Å². The van der Waals surface area contributed by atoms with E-state index in [0.29, 0.717) is 18.4 Å². The minimum atomic E-state index is -3.71. The molecule has 0 heterocycles. The summed E-state index contributed by atoms with van der Waals surface area (Å²) in [5.41, 5.74) is 0.358. The third kappa shape index (κ3) is 3.45. The number of hydrogen-bond donors (Lipinski definition) is 2. The number of nitrogens with one attached hydrogen (secondary N) is 1.